The van der Waals surface area contributed by atoms with Gasteiger partial charge in [0, 0.05) is 11.4 Å². The highest BCUT2D eigenvalue weighted by molar-refractivity contribution is 5.49. The Hall–Kier alpha value is -1.83. The number of allylic oxidation sites excluding steroid dienone is 4. The summed E-state index contributed by atoms with van der Waals surface area (Å²) in [6, 6.07) is 1.87. The van der Waals surface area contributed by atoms with E-state index >= 15 is 0 Å². The monoisotopic (exact) mass is 170 g/mol. The van der Waals surface area contributed by atoms with Crippen LogP contribution >= 0.6 is 0 Å². The minimum Gasteiger partial charge on any atom is -0.384 e. The summed E-state index contributed by atoms with van der Waals surface area (Å²) in [4.78, 5) is 4.03. The SMILES string of the molecule is Nc1cc2/c(cn1)=C\C=C/C=C\C=2. The van der Waals surface area contributed by atoms with E-state index in [1.165, 1.54) is 0 Å². The van der Waals surface area contributed by atoms with Gasteiger partial charge in [0.2, 0.25) is 0 Å². The second-order valence-corrected chi connectivity index (χ2v) is 2.84. The molecule has 2 N–H and O–H groups in total. The zero-order valence-electron chi connectivity index (χ0n) is 7.14. The smallest absolute Gasteiger partial charge is 0.123 e. The zero-order valence-corrected chi connectivity index (χ0v) is 7.14. The van der Waals surface area contributed by atoms with Crippen molar-refractivity contribution in [2.24, 2.45) is 0 Å². The number of nitrogens with two attached hydrogens (primary N) is 1. The van der Waals surface area contributed by atoms with Crippen molar-refractivity contribution in [1.29, 1.82) is 0 Å². The van der Waals surface area contributed by atoms with E-state index in [9.17, 15) is 0 Å². The van der Waals surface area contributed by atoms with Crippen molar-refractivity contribution in [2.45, 2.75) is 0 Å². The average molecular weight is 170 g/mol. The topological polar surface area (TPSA) is 38.9 Å². The van der Waals surface area contributed by atoms with Gasteiger partial charge in [0.15, 0.2) is 0 Å². The maximum atomic E-state index is 5.58. The molecular formula is C11H10N2. The first-order valence-corrected chi connectivity index (χ1v) is 4.13. The van der Waals surface area contributed by atoms with Crippen LogP contribution in [-0.2, 0) is 0 Å². The average Bonchev–Trinajstić information content (AvgIpc) is 2.08. The van der Waals surface area contributed by atoms with E-state index in [0.29, 0.717) is 5.82 Å². The number of hydrogen-bond acceptors (Lipinski definition) is 2. The summed E-state index contributed by atoms with van der Waals surface area (Å²) in [6.07, 6.45) is 13.8. The lowest BCUT2D eigenvalue weighted by Gasteiger charge is -1.93. The molecule has 2 rings (SSSR count). The Labute approximate surface area is 76.4 Å². The van der Waals surface area contributed by atoms with E-state index in [-0.39, 0.29) is 0 Å². The molecule has 2 heteroatoms. The van der Waals surface area contributed by atoms with Gasteiger partial charge in [-0.3, -0.25) is 0 Å². The highest BCUT2D eigenvalue weighted by atomic mass is 14.8. The Morgan fingerprint density at radius 1 is 0.923 bits per heavy atom. The Bertz CT molecular complexity index is 481. The molecule has 0 fully saturated rings. The van der Waals surface area contributed by atoms with Crippen molar-refractivity contribution < 1.29 is 0 Å². The molecule has 0 spiro atoms. The number of pyridine rings is 1. The Balaban J connectivity index is 2.79. The lowest BCUT2D eigenvalue weighted by molar-refractivity contribution is 1.28. The van der Waals surface area contributed by atoms with Gasteiger partial charge in [-0.1, -0.05) is 36.5 Å². The van der Waals surface area contributed by atoms with Crippen molar-refractivity contribution in [3.05, 3.63) is 47.0 Å². The molecule has 0 radical (unpaired) electrons. The summed E-state index contributed by atoms with van der Waals surface area (Å²) < 4.78 is 0. The molecule has 0 amide bonds. The molecule has 1 aliphatic rings. The molecule has 2 nitrogen and oxygen atoms in total. The molecule has 0 unspecified atom stereocenters. The largest absolute Gasteiger partial charge is 0.384 e. The molecule has 0 atom stereocenters. The number of anilines is 1. The molecule has 0 aliphatic heterocycles. The minimum atomic E-state index is 0.557. The Morgan fingerprint density at radius 2 is 1.62 bits per heavy atom. The van der Waals surface area contributed by atoms with Gasteiger partial charge >= 0.3 is 0 Å². The van der Waals surface area contributed by atoms with Gasteiger partial charge in [-0.05, 0) is 11.3 Å². The molecule has 1 aliphatic carbocycles. The first kappa shape index (κ1) is 7.80. The summed E-state index contributed by atoms with van der Waals surface area (Å²) in [5.74, 6) is 0.557. The van der Waals surface area contributed by atoms with Crippen molar-refractivity contribution in [3.8, 4) is 0 Å². The quantitative estimate of drug-likeness (QED) is 0.610. The predicted molar refractivity (Wildman–Crippen MR) is 55.1 cm³/mol. The first-order valence-electron chi connectivity index (χ1n) is 4.13. The number of nitrogen functional groups attached to an aromatic ring is 1. The van der Waals surface area contributed by atoms with Crippen molar-refractivity contribution in [1.82, 2.24) is 4.98 Å². The molecule has 64 valence electrons. The van der Waals surface area contributed by atoms with Crippen LogP contribution in [0.5, 0.6) is 0 Å². The van der Waals surface area contributed by atoms with Crippen LogP contribution in [0.25, 0.3) is 12.2 Å². The number of nitrogens with zero attached hydrogens (tertiary/aromatic N) is 1. The van der Waals surface area contributed by atoms with Gasteiger partial charge < -0.3 is 5.73 Å². The lowest BCUT2D eigenvalue weighted by Crippen LogP contribution is -2.25. The molecule has 1 aromatic heterocycles. The summed E-state index contributed by atoms with van der Waals surface area (Å²) in [7, 11) is 0. The van der Waals surface area contributed by atoms with Gasteiger partial charge in [-0.2, -0.15) is 0 Å². The van der Waals surface area contributed by atoms with Crippen LogP contribution in [0.4, 0.5) is 5.82 Å². The summed E-state index contributed by atoms with van der Waals surface area (Å²) in [5.41, 5.74) is 5.58. The fourth-order valence-corrected chi connectivity index (χ4v) is 1.23. The Kier molecular flexibility index (Phi) is 1.96. The Morgan fingerprint density at radius 3 is 2.38 bits per heavy atom. The third kappa shape index (κ3) is 1.67. The maximum absolute atomic E-state index is 5.58. The summed E-state index contributed by atoms with van der Waals surface area (Å²) in [6.45, 7) is 0. The highest BCUT2D eigenvalue weighted by Crippen LogP contribution is 1.87. The van der Waals surface area contributed by atoms with Crippen LogP contribution in [0.1, 0.15) is 0 Å². The molecule has 0 saturated carbocycles. The van der Waals surface area contributed by atoms with E-state index in [1.807, 2.05) is 42.5 Å². The molecule has 0 bridgehead atoms. The van der Waals surface area contributed by atoms with Crippen LogP contribution in [0.3, 0.4) is 0 Å². The summed E-state index contributed by atoms with van der Waals surface area (Å²) >= 11 is 0. The summed E-state index contributed by atoms with van der Waals surface area (Å²) in [5, 5.41) is 2.20. The first-order chi connectivity index (χ1) is 6.36. The van der Waals surface area contributed by atoms with Crippen LogP contribution in [-0.4, -0.2) is 4.98 Å². The fraction of sp³-hybridized carbons (Fsp3) is 0. The van der Waals surface area contributed by atoms with Gasteiger partial charge in [0.05, 0.1) is 0 Å². The van der Waals surface area contributed by atoms with E-state index in [4.69, 9.17) is 5.73 Å². The minimum absolute atomic E-state index is 0.557. The van der Waals surface area contributed by atoms with E-state index in [0.717, 1.165) is 10.4 Å². The van der Waals surface area contributed by atoms with Gasteiger partial charge in [-0.25, -0.2) is 4.98 Å². The third-order valence-corrected chi connectivity index (χ3v) is 1.87. The lowest BCUT2D eigenvalue weighted by atomic mass is 10.2. The van der Waals surface area contributed by atoms with Gasteiger partial charge in [-0.15, -0.1) is 0 Å². The second-order valence-electron chi connectivity index (χ2n) is 2.84. The van der Waals surface area contributed by atoms with Crippen molar-refractivity contribution in [3.63, 3.8) is 0 Å². The van der Waals surface area contributed by atoms with E-state index in [2.05, 4.69) is 4.98 Å². The standard InChI is InChI=1S/C11H10N2/c12-11-7-9-5-3-1-2-4-6-10(9)8-13-11/h1-8H,(H2,12,13)/b2-1?,3-1-,4-2-,5-3?,6-4?,9-5-,10-6-. The predicted octanol–water partition coefficient (Wildman–Crippen LogP) is 0.351. The van der Waals surface area contributed by atoms with Crippen LogP contribution in [0.2, 0.25) is 0 Å². The van der Waals surface area contributed by atoms with E-state index < -0.39 is 0 Å². The van der Waals surface area contributed by atoms with Crippen LogP contribution < -0.4 is 16.2 Å². The second kappa shape index (κ2) is 3.27. The number of fused-ring (bicyclic) bond motifs is 1. The fourth-order valence-electron chi connectivity index (χ4n) is 1.23. The van der Waals surface area contributed by atoms with Crippen molar-refractivity contribution in [2.75, 3.05) is 5.73 Å². The zero-order chi connectivity index (χ0) is 9.10. The molecule has 0 saturated heterocycles. The van der Waals surface area contributed by atoms with Gasteiger partial charge in [0.25, 0.3) is 0 Å². The molecule has 1 aromatic rings. The molecule has 0 aromatic carbocycles. The number of hydrogen-bond donors (Lipinski definition) is 1. The van der Waals surface area contributed by atoms with Gasteiger partial charge in [0.1, 0.15) is 5.82 Å². The van der Waals surface area contributed by atoms with E-state index in [1.54, 1.807) is 6.20 Å². The molecule has 13 heavy (non-hydrogen) atoms. The van der Waals surface area contributed by atoms with Crippen LogP contribution in [0.15, 0.2) is 36.6 Å². The normalized spacial score (nSPS) is 23.7. The number of aromatic nitrogens is 1. The highest BCUT2D eigenvalue weighted by Gasteiger charge is 1.88. The third-order valence-electron chi connectivity index (χ3n) is 1.87. The maximum Gasteiger partial charge on any atom is 0.123 e. The molecular weight excluding hydrogens is 160 g/mol. The van der Waals surface area contributed by atoms with Crippen molar-refractivity contribution >= 4 is 18.0 Å². The molecule has 1 heterocycles. The number of rotatable bonds is 0. The van der Waals surface area contributed by atoms with Crippen LogP contribution in [0, 0.1) is 0 Å².